The molecule has 0 spiro atoms. The number of para-hydroxylation sites is 1. The molecule has 0 fully saturated rings. The number of carbonyl (C=O) groups excluding carboxylic acids is 1. The summed E-state index contributed by atoms with van der Waals surface area (Å²) in [5.41, 5.74) is 3.46. The van der Waals surface area contributed by atoms with E-state index >= 15 is 0 Å². The molecule has 9 heteroatoms. The number of nitrogens with zero attached hydrogens (tertiary/aromatic N) is 3. The number of rotatable bonds is 11. The fraction of sp³-hybridized carbons (Fsp3) is 0.250. The highest BCUT2D eigenvalue weighted by atomic mass is 35.5. The highest BCUT2D eigenvalue weighted by Crippen LogP contribution is 2.32. The SMILES string of the molecule is CCc1ccc(-n2c(C(CC)N(CCc3ccc(OC)c(OC)c3)C(=O)c3ccc(Cl)cc3Cl)nc3ccccc3c2=O)cc1. The van der Waals surface area contributed by atoms with Crippen molar-refractivity contribution in [3.8, 4) is 17.2 Å². The van der Waals surface area contributed by atoms with Crippen molar-refractivity contribution in [2.75, 3.05) is 20.8 Å². The summed E-state index contributed by atoms with van der Waals surface area (Å²) in [6.45, 7) is 4.38. The molecule has 1 atom stereocenters. The first kappa shape index (κ1) is 32.1. The smallest absolute Gasteiger partial charge is 0.266 e. The lowest BCUT2D eigenvalue weighted by Gasteiger charge is -2.33. The maximum Gasteiger partial charge on any atom is 0.266 e. The second kappa shape index (κ2) is 14.2. The summed E-state index contributed by atoms with van der Waals surface area (Å²) >= 11 is 12.8. The Morgan fingerprint density at radius 1 is 0.889 bits per heavy atom. The molecule has 0 aliphatic rings. The molecule has 1 unspecified atom stereocenters. The van der Waals surface area contributed by atoms with Crippen molar-refractivity contribution in [2.45, 2.75) is 39.2 Å². The first-order valence-electron chi connectivity index (χ1n) is 14.9. The largest absolute Gasteiger partial charge is 0.493 e. The third kappa shape index (κ3) is 6.70. The van der Waals surface area contributed by atoms with E-state index in [4.69, 9.17) is 37.7 Å². The number of aromatic nitrogens is 2. The number of benzene rings is 4. The average molecular weight is 645 g/mol. The van der Waals surface area contributed by atoms with E-state index in [1.54, 1.807) is 48.0 Å². The second-order valence-corrected chi connectivity index (χ2v) is 11.5. The monoisotopic (exact) mass is 643 g/mol. The number of halogens is 2. The van der Waals surface area contributed by atoms with E-state index in [2.05, 4.69) is 6.92 Å². The molecule has 45 heavy (non-hydrogen) atoms. The molecule has 5 rings (SSSR count). The molecule has 7 nitrogen and oxygen atoms in total. The standard InChI is InChI=1S/C36H35Cl2N3O4/c1-5-23-11-15-26(16-12-23)41-34(39-30-10-8-7-9-28(30)36(41)43)31(6-2)40(35(42)27-17-14-25(37)22-29(27)38)20-19-24-13-18-32(44-3)33(21-24)45-4/h7-18,21-22,31H,5-6,19-20H2,1-4H3. The van der Waals surface area contributed by atoms with Gasteiger partial charge in [0.25, 0.3) is 11.5 Å². The van der Waals surface area contributed by atoms with Crippen molar-refractivity contribution < 1.29 is 14.3 Å². The van der Waals surface area contributed by atoms with Crippen molar-refractivity contribution >= 4 is 40.0 Å². The van der Waals surface area contributed by atoms with E-state index in [0.717, 1.165) is 17.5 Å². The van der Waals surface area contributed by atoms with Crippen molar-refractivity contribution in [3.63, 3.8) is 0 Å². The van der Waals surface area contributed by atoms with Crippen LogP contribution in [0.2, 0.25) is 10.0 Å². The van der Waals surface area contributed by atoms with Gasteiger partial charge in [-0.05, 0) is 85.0 Å². The molecule has 0 aliphatic carbocycles. The predicted molar refractivity (Wildman–Crippen MR) is 180 cm³/mol. The van der Waals surface area contributed by atoms with E-state index in [-0.39, 0.29) is 16.5 Å². The minimum Gasteiger partial charge on any atom is -0.493 e. The van der Waals surface area contributed by atoms with Gasteiger partial charge in [0, 0.05) is 11.6 Å². The summed E-state index contributed by atoms with van der Waals surface area (Å²) < 4.78 is 12.6. The van der Waals surface area contributed by atoms with E-state index in [0.29, 0.717) is 63.9 Å². The van der Waals surface area contributed by atoms with Crippen LogP contribution in [-0.2, 0) is 12.8 Å². The second-order valence-electron chi connectivity index (χ2n) is 10.6. The summed E-state index contributed by atoms with van der Waals surface area (Å²) in [4.78, 5) is 35.4. The first-order chi connectivity index (χ1) is 21.8. The Morgan fingerprint density at radius 2 is 1.60 bits per heavy atom. The van der Waals surface area contributed by atoms with Crippen LogP contribution in [0.15, 0.2) is 89.7 Å². The average Bonchev–Trinajstić information content (AvgIpc) is 3.06. The summed E-state index contributed by atoms with van der Waals surface area (Å²) in [6.07, 6.45) is 1.85. The summed E-state index contributed by atoms with van der Waals surface area (Å²) in [5.74, 6) is 1.39. The summed E-state index contributed by atoms with van der Waals surface area (Å²) in [7, 11) is 3.18. The van der Waals surface area contributed by atoms with E-state index in [1.807, 2.05) is 67.6 Å². The van der Waals surface area contributed by atoms with Gasteiger partial charge in [-0.1, -0.05) is 67.4 Å². The van der Waals surface area contributed by atoms with Crippen molar-refractivity contribution in [1.29, 1.82) is 0 Å². The van der Waals surface area contributed by atoms with Gasteiger partial charge in [0.2, 0.25) is 0 Å². The normalized spacial score (nSPS) is 11.8. The third-order valence-corrected chi connectivity index (χ3v) is 8.52. The third-order valence-electron chi connectivity index (χ3n) is 7.98. The fourth-order valence-electron chi connectivity index (χ4n) is 5.55. The van der Waals surface area contributed by atoms with Gasteiger partial charge in [0.05, 0.1) is 47.4 Å². The lowest BCUT2D eigenvalue weighted by molar-refractivity contribution is 0.0662. The van der Waals surface area contributed by atoms with E-state index in [9.17, 15) is 9.59 Å². The molecule has 0 N–H and O–H groups in total. The molecule has 0 saturated heterocycles. The predicted octanol–water partition coefficient (Wildman–Crippen LogP) is 8.11. The molecule has 0 aliphatic heterocycles. The van der Waals surface area contributed by atoms with Crippen molar-refractivity contribution in [2.24, 2.45) is 0 Å². The maximum atomic E-state index is 14.4. The van der Waals surface area contributed by atoms with Gasteiger partial charge in [-0.15, -0.1) is 0 Å². The minimum atomic E-state index is -0.576. The molecule has 232 valence electrons. The number of hydrogen-bond donors (Lipinski definition) is 0. The van der Waals surface area contributed by atoms with Crippen molar-refractivity contribution in [3.05, 3.63) is 128 Å². The molecule has 0 radical (unpaired) electrons. The zero-order chi connectivity index (χ0) is 32.1. The molecule has 1 amide bonds. The zero-order valence-electron chi connectivity index (χ0n) is 25.7. The highest BCUT2D eigenvalue weighted by Gasteiger charge is 2.31. The van der Waals surface area contributed by atoms with Crippen LogP contribution in [0.5, 0.6) is 11.5 Å². The Labute approximate surface area is 272 Å². The van der Waals surface area contributed by atoms with Gasteiger partial charge in [-0.25, -0.2) is 4.98 Å². The van der Waals surface area contributed by atoms with Crippen LogP contribution >= 0.6 is 23.2 Å². The molecular formula is C36H35Cl2N3O4. The Hall–Kier alpha value is -4.33. The van der Waals surface area contributed by atoms with Crippen LogP contribution < -0.4 is 15.0 Å². The van der Waals surface area contributed by atoms with Gasteiger partial charge >= 0.3 is 0 Å². The van der Waals surface area contributed by atoms with Gasteiger partial charge in [-0.3, -0.25) is 14.2 Å². The van der Waals surface area contributed by atoms with Crippen LogP contribution in [0.3, 0.4) is 0 Å². The van der Waals surface area contributed by atoms with Crippen LogP contribution in [0.25, 0.3) is 16.6 Å². The molecular weight excluding hydrogens is 609 g/mol. The topological polar surface area (TPSA) is 73.7 Å². The molecule has 4 aromatic carbocycles. The van der Waals surface area contributed by atoms with Crippen LogP contribution in [0.4, 0.5) is 0 Å². The first-order valence-corrected chi connectivity index (χ1v) is 15.6. The minimum absolute atomic E-state index is 0.199. The van der Waals surface area contributed by atoms with Gasteiger partial charge in [0.1, 0.15) is 5.82 Å². The van der Waals surface area contributed by atoms with Crippen LogP contribution in [-0.4, -0.2) is 41.1 Å². The van der Waals surface area contributed by atoms with Gasteiger partial charge in [-0.2, -0.15) is 0 Å². The van der Waals surface area contributed by atoms with E-state index in [1.165, 1.54) is 0 Å². The zero-order valence-corrected chi connectivity index (χ0v) is 27.2. The Bertz CT molecular complexity index is 1890. The van der Waals surface area contributed by atoms with Crippen LogP contribution in [0.1, 0.15) is 53.6 Å². The van der Waals surface area contributed by atoms with E-state index < -0.39 is 6.04 Å². The molecule has 0 bridgehead atoms. The Balaban J connectivity index is 1.67. The number of carbonyl (C=O) groups is 1. The Morgan fingerprint density at radius 3 is 2.27 bits per heavy atom. The van der Waals surface area contributed by atoms with Gasteiger partial charge in [0.15, 0.2) is 11.5 Å². The number of amides is 1. The number of aryl methyl sites for hydroxylation is 1. The molecule has 0 saturated carbocycles. The fourth-order valence-corrected chi connectivity index (χ4v) is 6.04. The highest BCUT2D eigenvalue weighted by molar-refractivity contribution is 6.36. The number of ether oxygens (including phenoxy) is 2. The quantitative estimate of drug-likeness (QED) is 0.145. The molecule has 1 aromatic heterocycles. The van der Waals surface area contributed by atoms with Gasteiger partial charge < -0.3 is 14.4 Å². The number of methoxy groups -OCH3 is 2. The van der Waals surface area contributed by atoms with Crippen molar-refractivity contribution in [1.82, 2.24) is 14.5 Å². The maximum absolute atomic E-state index is 14.4. The molecule has 1 heterocycles. The lowest BCUT2D eigenvalue weighted by atomic mass is 10.0. The summed E-state index contributed by atoms with van der Waals surface area (Å²) in [5, 5.41) is 1.18. The summed E-state index contributed by atoms with van der Waals surface area (Å²) in [6, 6.07) is 25.1. The number of hydrogen-bond acceptors (Lipinski definition) is 5. The van der Waals surface area contributed by atoms with Crippen LogP contribution in [0, 0.1) is 0 Å². The lowest BCUT2D eigenvalue weighted by Crippen LogP contribution is -2.40. The Kier molecular flexibility index (Phi) is 10.1. The number of fused-ring (bicyclic) bond motifs is 1. The molecule has 5 aromatic rings.